The summed E-state index contributed by atoms with van der Waals surface area (Å²) in [6.07, 6.45) is 3.22. The van der Waals surface area contributed by atoms with Crippen LogP contribution in [0.3, 0.4) is 0 Å². The van der Waals surface area contributed by atoms with E-state index < -0.39 is 5.97 Å². The van der Waals surface area contributed by atoms with Crippen molar-refractivity contribution in [2.24, 2.45) is 0 Å². The van der Waals surface area contributed by atoms with E-state index in [0.29, 0.717) is 10.7 Å². The molecule has 0 spiro atoms. The summed E-state index contributed by atoms with van der Waals surface area (Å²) in [5.74, 6) is -0.838. The number of hydrogen-bond donors (Lipinski definition) is 1. The first-order valence-corrected chi connectivity index (χ1v) is 9.50. The van der Waals surface area contributed by atoms with Crippen molar-refractivity contribution in [1.82, 2.24) is 4.90 Å². The number of carbonyl (C=O) groups is 3. The number of benzene rings is 1. The molecule has 1 aliphatic heterocycles. The van der Waals surface area contributed by atoms with E-state index in [1.165, 1.54) is 22.7 Å². The number of anilines is 1. The van der Waals surface area contributed by atoms with Gasteiger partial charge in [-0.05, 0) is 37.4 Å². The Labute approximate surface area is 149 Å². The number of thioether (sulfide) groups is 2. The minimum Gasteiger partial charge on any atom is -0.463 e. The minimum atomic E-state index is -0.521. The average Bonchev–Trinajstić information content (AvgIpc) is 2.89. The fraction of sp³-hybridized carbons (Fsp3) is 0.312. The molecule has 1 saturated heterocycles. The van der Waals surface area contributed by atoms with Crippen LogP contribution >= 0.6 is 23.5 Å². The molecule has 0 bridgehead atoms. The Hall–Kier alpha value is -1.93. The molecule has 1 aromatic rings. The average molecular weight is 366 g/mol. The van der Waals surface area contributed by atoms with E-state index in [9.17, 15) is 14.4 Å². The summed E-state index contributed by atoms with van der Waals surface area (Å²) in [6.45, 7) is 1.83. The van der Waals surface area contributed by atoms with Gasteiger partial charge in [-0.2, -0.15) is 0 Å². The number of rotatable bonds is 6. The third kappa shape index (κ3) is 5.04. The number of nitrogens with one attached hydrogen (secondary N) is 1. The lowest BCUT2D eigenvalue weighted by atomic mass is 10.3. The highest BCUT2D eigenvalue weighted by Crippen LogP contribution is 2.28. The fourth-order valence-electron chi connectivity index (χ4n) is 2.00. The van der Waals surface area contributed by atoms with Crippen LogP contribution in [-0.4, -0.2) is 47.8 Å². The Balaban J connectivity index is 1.99. The Morgan fingerprint density at radius 2 is 2.08 bits per heavy atom. The zero-order chi connectivity index (χ0) is 17.5. The van der Waals surface area contributed by atoms with Gasteiger partial charge in [-0.15, -0.1) is 11.8 Å². The van der Waals surface area contributed by atoms with E-state index in [1.54, 1.807) is 30.8 Å². The molecule has 1 fully saturated rings. The Morgan fingerprint density at radius 1 is 1.38 bits per heavy atom. The monoisotopic (exact) mass is 366 g/mol. The van der Waals surface area contributed by atoms with E-state index in [4.69, 9.17) is 4.74 Å². The van der Waals surface area contributed by atoms with Crippen LogP contribution in [0.25, 0.3) is 0 Å². The predicted octanol–water partition coefficient (Wildman–Crippen LogP) is 2.33. The largest absolute Gasteiger partial charge is 0.463 e. The molecule has 6 nitrogen and oxygen atoms in total. The van der Waals surface area contributed by atoms with E-state index in [2.05, 4.69) is 5.32 Å². The van der Waals surface area contributed by atoms with Gasteiger partial charge in [0.25, 0.3) is 0 Å². The summed E-state index contributed by atoms with van der Waals surface area (Å²) in [5.41, 5.74) is 0.660. The van der Waals surface area contributed by atoms with Crippen molar-refractivity contribution in [1.29, 1.82) is 0 Å². The second-order valence-electron chi connectivity index (χ2n) is 4.78. The summed E-state index contributed by atoms with van der Waals surface area (Å²) in [4.78, 5) is 38.0. The SMILES string of the molecule is CCOC(=O)/C=C1\SCC(=O)N1CC(=O)Nc1ccc(SC)cc1. The zero-order valence-corrected chi connectivity index (χ0v) is 15.0. The Bertz CT molecular complexity index is 659. The van der Waals surface area contributed by atoms with Gasteiger partial charge >= 0.3 is 5.97 Å². The molecule has 128 valence electrons. The van der Waals surface area contributed by atoms with Crippen LogP contribution in [0.1, 0.15) is 6.92 Å². The molecular weight excluding hydrogens is 348 g/mol. The van der Waals surface area contributed by atoms with Gasteiger partial charge in [0, 0.05) is 10.6 Å². The van der Waals surface area contributed by atoms with Crippen molar-refractivity contribution in [3.05, 3.63) is 35.4 Å². The van der Waals surface area contributed by atoms with Crippen LogP contribution < -0.4 is 5.32 Å². The lowest BCUT2D eigenvalue weighted by Gasteiger charge is -2.16. The Kier molecular flexibility index (Phi) is 6.74. The quantitative estimate of drug-likeness (QED) is 0.473. The molecule has 8 heteroatoms. The Morgan fingerprint density at radius 3 is 2.71 bits per heavy atom. The van der Waals surface area contributed by atoms with Crippen molar-refractivity contribution in [2.75, 3.05) is 30.5 Å². The summed E-state index contributed by atoms with van der Waals surface area (Å²) in [5, 5.41) is 3.18. The van der Waals surface area contributed by atoms with Crippen LogP contribution in [0.2, 0.25) is 0 Å². The smallest absolute Gasteiger partial charge is 0.333 e. The van der Waals surface area contributed by atoms with E-state index in [1.807, 2.05) is 18.4 Å². The molecule has 0 aliphatic carbocycles. The first-order valence-electron chi connectivity index (χ1n) is 7.29. The maximum absolute atomic E-state index is 12.2. The van der Waals surface area contributed by atoms with Gasteiger partial charge in [0.1, 0.15) is 6.54 Å². The summed E-state index contributed by atoms with van der Waals surface area (Å²) >= 11 is 2.83. The van der Waals surface area contributed by atoms with Crippen LogP contribution in [-0.2, 0) is 19.1 Å². The van der Waals surface area contributed by atoms with Crippen LogP contribution in [0.15, 0.2) is 40.3 Å². The third-order valence-corrected chi connectivity index (χ3v) is 4.88. The maximum Gasteiger partial charge on any atom is 0.333 e. The lowest BCUT2D eigenvalue weighted by Crippen LogP contribution is -2.34. The molecule has 0 unspecified atom stereocenters. The van der Waals surface area contributed by atoms with Crippen molar-refractivity contribution >= 4 is 47.0 Å². The van der Waals surface area contributed by atoms with Crippen molar-refractivity contribution in [3.63, 3.8) is 0 Å². The number of hydrogen-bond acceptors (Lipinski definition) is 6. The minimum absolute atomic E-state index is 0.138. The second-order valence-corrected chi connectivity index (χ2v) is 6.66. The molecule has 0 radical (unpaired) electrons. The standard InChI is InChI=1S/C16H18N2O4S2/c1-3-22-16(21)8-15-18(14(20)10-24-15)9-13(19)17-11-4-6-12(23-2)7-5-11/h4-8H,3,9-10H2,1-2H3,(H,17,19)/b15-8-. The van der Waals surface area contributed by atoms with Gasteiger partial charge < -0.3 is 10.1 Å². The summed E-state index contributed by atoms with van der Waals surface area (Å²) in [7, 11) is 0. The second kappa shape index (κ2) is 8.79. The fourth-order valence-corrected chi connectivity index (χ4v) is 3.34. The van der Waals surface area contributed by atoms with Crippen LogP contribution in [0.4, 0.5) is 5.69 Å². The molecule has 1 aliphatic rings. The van der Waals surface area contributed by atoms with Gasteiger partial charge in [-0.1, -0.05) is 11.8 Å². The highest BCUT2D eigenvalue weighted by Gasteiger charge is 2.29. The third-order valence-electron chi connectivity index (χ3n) is 3.11. The molecule has 24 heavy (non-hydrogen) atoms. The first-order chi connectivity index (χ1) is 11.5. The molecule has 0 saturated carbocycles. The number of ether oxygens (including phenoxy) is 1. The van der Waals surface area contributed by atoms with Gasteiger partial charge in [-0.25, -0.2) is 4.79 Å². The number of nitrogens with zero attached hydrogens (tertiary/aromatic N) is 1. The van der Waals surface area contributed by atoms with Gasteiger partial charge in [0.2, 0.25) is 11.8 Å². The highest BCUT2D eigenvalue weighted by atomic mass is 32.2. The van der Waals surface area contributed by atoms with Crippen molar-refractivity contribution in [3.8, 4) is 0 Å². The zero-order valence-electron chi connectivity index (χ0n) is 13.4. The molecule has 0 aromatic heterocycles. The maximum atomic E-state index is 12.2. The molecule has 0 atom stereocenters. The van der Waals surface area contributed by atoms with Gasteiger partial charge in [0.15, 0.2) is 0 Å². The molecule has 2 amide bonds. The van der Waals surface area contributed by atoms with Gasteiger partial charge in [-0.3, -0.25) is 14.5 Å². The van der Waals surface area contributed by atoms with Crippen molar-refractivity contribution in [2.45, 2.75) is 11.8 Å². The number of esters is 1. The topological polar surface area (TPSA) is 75.7 Å². The van der Waals surface area contributed by atoms with Gasteiger partial charge in [0.05, 0.1) is 23.5 Å². The predicted molar refractivity (Wildman–Crippen MR) is 95.7 cm³/mol. The molecular formula is C16H18N2O4S2. The number of amides is 2. The molecule has 1 aromatic carbocycles. The van der Waals surface area contributed by atoms with Crippen molar-refractivity contribution < 1.29 is 19.1 Å². The summed E-state index contributed by atoms with van der Waals surface area (Å²) < 4.78 is 4.84. The molecule has 2 rings (SSSR count). The summed E-state index contributed by atoms with van der Waals surface area (Å²) in [6, 6.07) is 7.42. The molecule has 1 heterocycles. The highest BCUT2D eigenvalue weighted by molar-refractivity contribution is 8.04. The van der Waals surface area contributed by atoms with Crippen LogP contribution in [0.5, 0.6) is 0 Å². The van der Waals surface area contributed by atoms with E-state index in [-0.39, 0.29) is 30.7 Å². The normalized spacial score (nSPS) is 15.7. The molecule has 1 N–H and O–H groups in total. The van der Waals surface area contributed by atoms with Crippen LogP contribution in [0, 0.1) is 0 Å². The van der Waals surface area contributed by atoms with E-state index in [0.717, 1.165) is 4.90 Å². The lowest BCUT2D eigenvalue weighted by molar-refractivity contribution is -0.137. The number of carbonyl (C=O) groups excluding carboxylic acids is 3. The first kappa shape index (κ1) is 18.4. The van der Waals surface area contributed by atoms with E-state index >= 15 is 0 Å².